The summed E-state index contributed by atoms with van der Waals surface area (Å²) in [4.78, 5) is 2.53. The Morgan fingerprint density at radius 1 is 1.29 bits per heavy atom. The number of likely N-dealkylation sites (tertiary alicyclic amines) is 1. The Hall–Kier alpha value is -1.33. The van der Waals surface area contributed by atoms with E-state index >= 15 is 0 Å². The average Bonchev–Trinajstić information content (AvgIpc) is 2.39. The summed E-state index contributed by atoms with van der Waals surface area (Å²) in [5.41, 5.74) is 2.13. The van der Waals surface area contributed by atoms with E-state index in [1.165, 1.54) is 31.5 Å². The van der Waals surface area contributed by atoms with Gasteiger partial charge in [0.25, 0.3) is 0 Å². The van der Waals surface area contributed by atoms with Gasteiger partial charge in [0.1, 0.15) is 0 Å². The maximum atomic E-state index is 8.92. The fraction of sp³-hybridized carbons (Fsp3) is 0.533. The Bertz CT molecular complexity index is 409. The molecule has 1 heterocycles. The molecule has 17 heavy (non-hydrogen) atoms. The highest BCUT2D eigenvalue weighted by Gasteiger charge is 2.21. The Kier molecular flexibility index (Phi) is 3.81. The van der Waals surface area contributed by atoms with E-state index in [-0.39, 0.29) is 0 Å². The van der Waals surface area contributed by atoms with Crippen LogP contribution in [0.5, 0.6) is 0 Å². The standard InChI is InChI=1S/C15H20N2/c1-12(2)17-8-6-14(7-9-17)15-5-3-4-13(10-15)11-16/h3-5,10,12,14H,6-9H2,1-2H3. The first-order chi connectivity index (χ1) is 8.20. The zero-order valence-corrected chi connectivity index (χ0v) is 10.7. The Morgan fingerprint density at radius 2 is 2.00 bits per heavy atom. The number of benzene rings is 1. The van der Waals surface area contributed by atoms with Crippen molar-refractivity contribution in [3.63, 3.8) is 0 Å². The van der Waals surface area contributed by atoms with Crippen LogP contribution in [0.25, 0.3) is 0 Å². The number of nitriles is 1. The van der Waals surface area contributed by atoms with Crippen molar-refractivity contribution in [3.8, 4) is 6.07 Å². The van der Waals surface area contributed by atoms with Crippen LogP contribution >= 0.6 is 0 Å². The minimum Gasteiger partial charge on any atom is -0.301 e. The average molecular weight is 228 g/mol. The predicted octanol–water partition coefficient (Wildman–Crippen LogP) is 3.15. The van der Waals surface area contributed by atoms with Crippen molar-refractivity contribution >= 4 is 0 Å². The smallest absolute Gasteiger partial charge is 0.0991 e. The van der Waals surface area contributed by atoms with Crippen molar-refractivity contribution < 1.29 is 0 Å². The molecule has 1 aromatic rings. The van der Waals surface area contributed by atoms with Crippen LogP contribution < -0.4 is 0 Å². The predicted molar refractivity (Wildman–Crippen MR) is 69.8 cm³/mol. The van der Waals surface area contributed by atoms with E-state index < -0.39 is 0 Å². The minimum atomic E-state index is 0.637. The molecule has 1 aliphatic rings. The molecule has 0 spiro atoms. The highest BCUT2D eigenvalue weighted by atomic mass is 15.1. The second-order valence-electron chi connectivity index (χ2n) is 5.14. The minimum absolute atomic E-state index is 0.637. The highest BCUT2D eigenvalue weighted by Crippen LogP contribution is 2.29. The van der Waals surface area contributed by atoms with Crippen LogP contribution in [0.3, 0.4) is 0 Å². The lowest BCUT2D eigenvalue weighted by Gasteiger charge is -2.34. The molecule has 1 fully saturated rings. The summed E-state index contributed by atoms with van der Waals surface area (Å²) < 4.78 is 0. The summed E-state index contributed by atoms with van der Waals surface area (Å²) in [7, 11) is 0. The zero-order valence-electron chi connectivity index (χ0n) is 10.7. The zero-order chi connectivity index (χ0) is 12.3. The molecule has 0 aromatic heterocycles. The van der Waals surface area contributed by atoms with Crippen molar-refractivity contribution in [3.05, 3.63) is 35.4 Å². The molecule has 0 bridgehead atoms. The van der Waals surface area contributed by atoms with Crippen LogP contribution in [0.4, 0.5) is 0 Å². The Balaban J connectivity index is 2.03. The first-order valence-corrected chi connectivity index (χ1v) is 6.45. The van der Waals surface area contributed by atoms with Crippen molar-refractivity contribution in [2.24, 2.45) is 0 Å². The molecular formula is C15H20N2. The fourth-order valence-corrected chi connectivity index (χ4v) is 2.61. The van der Waals surface area contributed by atoms with Crippen LogP contribution in [0.1, 0.15) is 43.7 Å². The maximum absolute atomic E-state index is 8.92. The third-order valence-corrected chi connectivity index (χ3v) is 3.75. The summed E-state index contributed by atoms with van der Waals surface area (Å²) in [6, 6.07) is 11.0. The lowest BCUT2D eigenvalue weighted by Crippen LogP contribution is -2.37. The molecule has 0 unspecified atom stereocenters. The maximum Gasteiger partial charge on any atom is 0.0991 e. The van der Waals surface area contributed by atoms with E-state index in [4.69, 9.17) is 5.26 Å². The van der Waals surface area contributed by atoms with Crippen LogP contribution in [-0.4, -0.2) is 24.0 Å². The molecule has 0 radical (unpaired) electrons. The van der Waals surface area contributed by atoms with Crippen LogP contribution in [0.2, 0.25) is 0 Å². The number of nitrogens with zero attached hydrogens (tertiary/aromatic N) is 2. The Labute approximate surface area is 104 Å². The molecular weight excluding hydrogens is 208 g/mol. The van der Waals surface area contributed by atoms with Gasteiger partial charge in [0, 0.05) is 6.04 Å². The Morgan fingerprint density at radius 3 is 2.59 bits per heavy atom. The number of hydrogen-bond donors (Lipinski definition) is 0. The number of hydrogen-bond acceptors (Lipinski definition) is 2. The molecule has 0 aliphatic carbocycles. The van der Waals surface area contributed by atoms with Crippen molar-refractivity contribution in [2.75, 3.05) is 13.1 Å². The van der Waals surface area contributed by atoms with E-state index in [0.29, 0.717) is 12.0 Å². The van der Waals surface area contributed by atoms with Gasteiger partial charge in [0.05, 0.1) is 11.6 Å². The van der Waals surface area contributed by atoms with Crippen LogP contribution in [-0.2, 0) is 0 Å². The van der Waals surface area contributed by atoms with E-state index in [1.54, 1.807) is 0 Å². The van der Waals surface area contributed by atoms with Gasteiger partial charge in [-0.25, -0.2) is 0 Å². The molecule has 0 saturated carbocycles. The van der Waals surface area contributed by atoms with E-state index in [1.807, 2.05) is 12.1 Å². The number of rotatable bonds is 2. The summed E-state index contributed by atoms with van der Waals surface area (Å²) in [5.74, 6) is 0.637. The molecule has 0 atom stereocenters. The van der Waals surface area contributed by atoms with Crippen molar-refractivity contribution in [2.45, 2.75) is 38.6 Å². The van der Waals surface area contributed by atoms with Gasteiger partial charge in [-0.05, 0) is 63.4 Å². The van der Waals surface area contributed by atoms with Crippen molar-refractivity contribution in [1.29, 1.82) is 5.26 Å². The summed E-state index contributed by atoms with van der Waals surface area (Å²) >= 11 is 0. The van der Waals surface area contributed by atoms with Gasteiger partial charge >= 0.3 is 0 Å². The molecule has 1 saturated heterocycles. The van der Waals surface area contributed by atoms with E-state index in [9.17, 15) is 0 Å². The second-order valence-corrected chi connectivity index (χ2v) is 5.14. The highest BCUT2D eigenvalue weighted by molar-refractivity contribution is 5.34. The van der Waals surface area contributed by atoms with E-state index in [2.05, 4.69) is 36.9 Å². The third kappa shape index (κ3) is 2.87. The SMILES string of the molecule is CC(C)N1CCC(c2cccc(C#N)c2)CC1. The lowest BCUT2D eigenvalue weighted by atomic mass is 9.88. The summed E-state index contributed by atoms with van der Waals surface area (Å²) in [6.45, 7) is 6.88. The van der Waals surface area contributed by atoms with Gasteiger partial charge < -0.3 is 4.90 Å². The molecule has 2 heteroatoms. The molecule has 0 amide bonds. The molecule has 90 valence electrons. The third-order valence-electron chi connectivity index (χ3n) is 3.75. The molecule has 2 rings (SSSR count). The molecule has 1 aliphatic heterocycles. The first kappa shape index (κ1) is 12.1. The normalized spacial score (nSPS) is 18.2. The monoisotopic (exact) mass is 228 g/mol. The van der Waals surface area contributed by atoms with Crippen LogP contribution in [0, 0.1) is 11.3 Å². The molecule has 0 N–H and O–H groups in total. The van der Waals surface area contributed by atoms with Crippen LogP contribution in [0.15, 0.2) is 24.3 Å². The van der Waals surface area contributed by atoms with Crippen molar-refractivity contribution in [1.82, 2.24) is 4.90 Å². The van der Waals surface area contributed by atoms with Gasteiger partial charge in [-0.15, -0.1) is 0 Å². The topological polar surface area (TPSA) is 27.0 Å². The summed E-state index contributed by atoms with van der Waals surface area (Å²) in [5, 5.41) is 8.92. The molecule has 2 nitrogen and oxygen atoms in total. The van der Waals surface area contributed by atoms with Gasteiger partial charge in [0.15, 0.2) is 0 Å². The largest absolute Gasteiger partial charge is 0.301 e. The van der Waals surface area contributed by atoms with E-state index in [0.717, 1.165) is 5.56 Å². The second kappa shape index (κ2) is 5.33. The van der Waals surface area contributed by atoms with Gasteiger partial charge in [0.2, 0.25) is 0 Å². The lowest BCUT2D eigenvalue weighted by molar-refractivity contribution is 0.172. The first-order valence-electron chi connectivity index (χ1n) is 6.45. The van der Waals surface area contributed by atoms with Gasteiger partial charge in [-0.3, -0.25) is 0 Å². The number of piperidine rings is 1. The van der Waals surface area contributed by atoms with Gasteiger partial charge in [-0.1, -0.05) is 12.1 Å². The molecule has 1 aromatic carbocycles. The summed E-state index contributed by atoms with van der Waals surface area (Å²) in [6.07, 6.45) is 2.43. The van der Waals surface area contributed by atoms with Gasteiger partial charge in [-0.2, -0.15) is 5.26 Å². The fourth-order valence-electron chi connectivity index (χ4n) is 2.61. The quantitative estimate of drug-likeness (QED) is 0.777.